The van der Waals surface area contributed by atoms with Gasteiger partial charge < -0.3 is 14.6 Å². The molecule has 1 aliphatic carbocycles. The van der Waals surface area contributed by atoms with Crippen LogP contribution in [0.5, 0.6) is 0 Å². The lowest BCUT2D eigenvalue weighted by atomic mass is 9.88. The lowest BCUT2D eigenvalue weighted by molar-refractivity contribution is -0.113. The summed E-state index contributed by atoms with van der Waals surface area (Å²) in [6.07, 6.45) is 3.53. The predicted octanol–water partition coefficient (Wildman–Crippen LogP) is 4.17. The molecule has 0 radical (unpaired) electrons. The van der Waals surface area contributed by atoms with Gasteiger partial charge in [-0.05, 0) is 42.2 Å². The average Bonchev–Trinajstić information content (AvgIpc) is 3.46. The number of thioether (sulfide) groups is 1. The number of aromatic nitrogens is 3. The standard InChI is InChI=1S/C21H24N4O3S3/c1-12-6-7-14-15(9-12)31-19(18(14)20(27)28-3)22-17(26)11-30-21-24-23-16(25(21)2)10-13-5-4-8-29-13/h4-5,8,12H,6-7,9-11H2,1-3H3,(H,22,26). The van der Waals surface area contributed by atoms with Crippen LogP contribution in [0.2, 0.25) is 0 Å². The largest absolute Gasteiger partial charge is 0.465 e. The number of anilines is 1. The Morgan fingerprint density at radius 3 is 2.97 bits per heavy atom. The van der Waals surface area contributed by atoms with Gasteiger partial charge in [-0.3, -0.25) is 4.79 Å². The number of hydrogen-bond acceptors (Lipinski definition) is 8. The number of carbonyl (C=O) groups excluding carboxylic acids is 2. The number of methoxy groups -OCH3 is 1. The normalized spacial score (nSPS) is 15.5. The third kappa shape index (κ3) is 4.86. The van der Waals surface area contributed by atoms with E-state index in [0.29, 0.717) is 21.6 Å². The van der Waals surface area contributed by atoms with Crippen molar-refractivity contribution in [1.29, 1.82) is 0 Å². The average molecular weight is 477 g/mol. The summed E-state index contributed by atoms with van der Waals surface area (Å²) < 4.78 is 6.91. The Bertz CT molecular complexity index is 1090. The molecule has 0 saturated carbocycles. The van der Waals surface area contributed by atoms with Gasteiger partial charge >= 0.3 is 5.97 Å². The van der Waals surface area contributed by atoms with Crippen LogP contribution in [0.15, 0.2) is 22.7 Å². The second-order valence-corrected chi connectivity index (χ2v) is 10.7. The smallest absolute Gasteiger partial charge is 0.341 e. The summed E-state index contributed by atoms with van der Waals surface area (Å²) in [5, 5.41) is 14.7. The second kappa shape index (κ2) is 9.54. The Labute approximate surface area is 193 Å². The van der Waals surface area contributed by atoms with Gasteiger partial charge in [-0.2, -0.15) is 0 Å². The van der Waals surface area contributed by atoms with E-state index >= 15 is 0 Å². The monoisotopic (exact) mass is 476 g/mol. The maximum atomic E-state index is 12.7. The Hall–Kier alpha value is -2.17. The number of hydrogen-bond donors (Lipinski definition) is 1. The van der Waals surface area contributed by atoms with Crippen LogP contribution in [0.4, 0.5) is 5.00 Å². The van der Waals surface area contributed by atoms with Crippen molar-refractivity contribution >= 4 is 51.3 Å². The van der Waals surface area contributed by atoms with Crippen LogP contribution in [0.3, 0.4) is 0 Å². The van der Waals surface area contributed by atoms with Crippen molar-refractivity contribution in [2.75, 3.05) is 18.2 Å². The molecule has 1 unspecified atom stereocenters. The zero-order valence-corrected chi connectivity index (χ0v) is 20.1. The van der Waals surface area contributed by atoms with E-state index in [1.807, 2.05) is 23.1 Å². The summed E-state index contributed by atoms with van der Waals surface area (Å²) in [7, 11) is 3.29. The summed E-state index contributed by atoms with van der Waals surface area (Å²) in [5.41, 5.74) is 1.55. The second-order valence-electron chi connectivity index (χ2n) is 7.60. The molecule has 0 fully saturated rings. The molecule has 0 saturated heterocycles. The van der Waals surface area contributed by atoms with E-state index in [4.69, 9.17) is 4.74 Å². The topological polar surface area (TPSA) is 86.1 Å². The van der Waals surface area contributed by atoms with E-state index in [1.54, 1.807) is 11.3 Å². The van der Waals surface area contributed by atoms with E-state index in [0.717, 1.165) is 37.1 Å². The van der Waals surface area contributed by atoms with E-state index in [1.165, 1.54) is 40.0 Å². The van der Waals surface area contributed by atoms with Crippen LogP contribution in [0, 0.1) is 5.92 Å². The number of esters is 1. The summed E-state index contributed by atoms with van der Waals surface area (Å²) in [5.74, 6) is 1.06. The fourth-order valence-corrected chi connectivity index (χ4v) is 6.49. The fourth-order valence-electron chi connectivity index (χ4n) is 3.64. The lowest BCUT2D eigenvalue weighted by Gasteiger charge is -2.18. The van der Waals surface area contributed by atoms with Crippen LogP contribution in [0.25, 0.3) is 0 Å². The molecule has 0 aliphatic heterocycles. The molecule has 7 nitrogen and oxygen atoms in total. The van der Waals surface area contributed by atoms with Gasteiger partial charge in [0.25, 0.3) is 0 Å². The lowest BCUT2D eigenvalue weighted by Crippen LogP contribution is -2.17. The number of ether oxygens (including phenoxy) is 1. The molecule has 1 aliphatic rings. The third-order valence-electron chi connectivity index (χ3n) is 5.32. The number of thiophene rings is 2. The van der Waals surface area contributed by atoms with Crippen molar-refractivity contribution in [1.82, 2.24) is 14.8 Å². The van der Waals surface area contributed by atoms with Gasteiger partial charge in [0.05, 0.1) is 18.4 Å². The van der Waals surface area contributed by atoms with Crippen molar-refractivity contribution < 1.29 is 14.3 Å². The Morgan fingerprint density at radius 2 is 2.23 bits per heavy atom. The summed E-state index contributed by atoms with van der Waals surface area (Å²) in [4.78, 5) is 27.5. The minimum absolute atomic E-state index is 0.176. The number of amides is 1. The van der Waals surface area contributed by atoms with Gasteiger partial charge in [0.1, 0.15) is 10.8 Å². The van der Waals surface area contributed by atoms with Crippen molar-refractivity contribution in [2.45, 2.75) is 37.8 Å². The maximum absolute atomic E-state index is 12.7. The third-order valence-corrected chi connectivity index (χ3v) is 8.39. The van der Waals surface area contributed by atoms with Crippen molar-refractivity contribution in [2.24, 2.45) is 13.0 Å². The van der Waals surface area contributed by atoms with Gasteiger partial charge in [0.2, 0.25) is 5.91 Å². The number of nitrogens with zero attached hydrogens (tertiary/aromatic N) is 3. The Morgan fingerprint density at radius 1 is 1.39 bits per heavy atom. The molecule has 1 atom stereocenters. The van der Waals surface area contributed by atoms with E-state index in [-0.39, 0.29) is 17.6 Å². The number of carbonyl (C=O) groups is 2. The first-order chi connectivity index (χ1) is 15.0. The van der Waals surface area contributed by atoms with Crippen LogP contribution in [0.1, 0.15) is 44.8 Å². The Kier molecular flexibility index (Phi) is 6.78. The number of nitrogens with one attached hydrogen (secondary N) is 1. The van der Waals surface area contributed by atoms with Gasteiger partial charge in [-0.25, -0.2) is 4.79 Å². The van der Waals surface area contributed by atoms with Crippen molar-refractivity contribution in [3.63, 3.8) is 0 Å². The quantitative estimate of drug-likeness (QED) is 0.407. The molecule has 0 bridgehead atoms. The molecular weight excluding hydrogens is 452 g/mol. The molecule has 1 N–H and O–H groups in total. The first kappa shape index (κ1) is 22.0. The van der Waals surface area contributed by atoms with Crippen molar-refractivity contribution in [3.8, 4) is 0 Å². The highest BCUT2D eigenvalue weighted by atomic mass is 32.2. The number of fused-ring (bicyclic) bond motifs is 1. The summed E-state index contributed by atoms with van der Waals surface area (Å²) in [6, 6.07) is 4.09. The van der Waals surface area contributed by atoms with Gasteiger partial charge in [0.15, 0.2) is 5.16 Å². The zero-order valence-electron chi connectivity index (χ0n) is 17.6. The van der Waals surface area contributed by atoms with Crippen LogP contribution in [-0.4, -0.2) is 39.5 Å². The summed E-state index contributed by atoms with van der Waals surface area (Å²) in [6.45, 7) is 2.21. The molecule has 31 heavy (non-hydrogen) atoms. The highest BCUT2D eigenvalue weighted by molar-refractivity contribution is 7.99. The highest BCUT2D eigenvalue weighted by Gasteiger charge is 2.29. The summed E-state index contributed by atoms with van der Waals surface area (Å²) >= 11 is 4.51. The molecule has 4 rings (SSSR count). The molecule has 3 aromatic rings. The first-order valence-corrected chi connectivity index (χ1v) is 12.7. The molecule has 1 amide bonds. The minimum atomic E-state index is -0.387. The van der Waals surface area contributed by atoms with Crippen LogP contribution < -0.4 is 5.32 Å². The van der Waals surface area contributed by atoms with Crippen molar-refractivity contribution in [3.05, 3.63) is 44.2 Å². The molecule has 10 heteroatoms. The molecule has 0 spiro atoms. The van der Waals surface area contributed by atoms with E-state index in [2.05, 4.69) is 28.5 Å². The molecule has 3 aromatic heterocycles. The number of rotatable bonds is 7. The Balaban J connectivity index is 1.43. The predicted molar refractivity (Wildman–Crippen MR) is 124 cm³/mol. The fraction of sp³-hybridized carbons (Fsp3) is 0.429. The van der Waals surface area contributed by atoms with Gasteiger partial charge in [-0.15, -0.1) is 32.9 Å². The molecule has 0 aromatic carbocycles. The van der Waals surface area contributed by atoms with Gasteiger partial charge in [0, 0.05) is 23.2 Å². The molecule has 164 valence electrons. The van der Waals surface area contributed by atoms with Crippen LogP contribution in [-0.2, 0) is 35.8 Å². The van der Waals surface area contributed by atoms with E-state index in [9.17, 15) is 9.59 Å². The molecular formula is C21H24N4O3S3. The SMILES string of the molecule is COC(=O)c1c(NC(=O)CSc2nnc(Cc3cccs3)n2C)sc2c1CCC(C)C2. The van der Waals surface area contributed by atoms with Crippen LogP contribution >= 0.6 is 34.4 Å². The highest BCUT2D eigenvalue weighted by Crippen LogP contribution is 2.40. The minimum Gasteiger partial charge on any atom is -0.465 e. The zero-order chi connectivity index (χ0) is 22.0. The first-order valence-electron chi connectivity index (χ1n) is 10.0. The van der Waals surface area contributed by atoms with Gasteiger partial charge in [-0.1, -0.05) is 24.8 Å². The molecule has 3 heterocycles. The maximum Gasteiger partial charge on any atom is 0.341 e. The van der Waals surface area contributed by atoms with E-state index < -0.39 is 0 Å².